The molecule has 0 aromatic heterocycles. The van der Waals surface area contributed by atoms with Crippen molar-refractivity contribution in [1.29, 1.82) is 0 Å². The molecule has 2 rings (SSSR count). The first-order valence-electron chi connectivity index (χ1n) is 5.84. The number of aryl methyl sites for hydroxylation is 2. The second kappa shape index (κ2) is 5.42. The second-order valence-electron chi connectivity index (χ2n) is 4.33. The molecule has 2 aromatic carbocycles. The van der Waals surface area contributed by atoms with Gasteiger partial charge in [0.25, 0.3) is 0 Å². The molecule has 0 saturated carbocycles. The molecule has 0 unspecified atom stereocenters. The lowest BCUT2D eigenvalue weighted by atomic mass is 10.1. The van der Waals surface area contributed by atoms with Crippen LogP contribution < -0.4 is 10.5 Å². The van der Waals surface area contributed by atoms with E-state index in [9.17, 15) is 0 Å². The van der Waals surface area contributed by atoms with Crippen molar-refractivity contribution in [2.75, 3.05) is 0 Å². The van der Waals surface area contributed by atoms with Gasteiger partial charge in [0.15, 0.2) is 0 Å². The van der Waals surface area contributed by atoms with Crippen molar-refractivity contribution < 1.29 is 4.74 Å². The molecule has 94 valence electrons. The molecule has 0 spiro atoms. The number of hydrogen-bond acceptors (Lipinski definition) is 2. The van der Waals surface area contributed by atoms with Crippen molar-refractivity contribution in [3.05, 3.63) is 58.1 Å². The molecular formula is C15H16ClNO. The summed E-state index contributed by atoms with van der Waals surface area (Å²) in [4.78, 5) is 0. The van der Waals surface area contributed by atoms with Crippen LogP contribution >= 0.6 is 11.6 Å². The third-order valence-corrected chi connectivity index (χ3v) is 3.14. The lowest BCUT2D eigenvalue weighted by molar-refractivity contribution is 0.482. The fourth-order valence-corrected chi connectivity index (χ4v) is 2.05. The Morgan fingerprint density at radius 2 is 1.89 bits per heavy atom. The van der Waals surface area contributed by atoms with Crippen LogP contribution in [0.3, 0.4) is 0 Å². The SMILES string of the molecule is Cc1ccc(Oc2ccc(CN)c(C)c2)c(Cl)c1. The molecule has 0 fully saturated rings. The van der Waals surface area contributed by atoms with Crippen molar-refractivity contribution in [2.24, 2.45) is 5.73 Å². The highest BCUT2D eigenvalue weighted by Gasteiger charge is 2.05. The molecule has 2 N–H and O–H groups in total. The number of ether oxygens (including phenoxy) is 1. The van der Waals surface area contributed by atoms with Crippen molar-refractivity contribution in [3.63, 3.8) is 0 Å². The van der Waals surface area contributed by atoms with Crippen LogP contribution in [0.2, 0.25) is 5.02 Å². The quantitative estimate of drug-likeness (QED) is 0.898. The van der Waals surface area contributed by atoms with Crippen molar-refractivity contribution in [2.45, 2.75) is 20.4 Å². The summed E-state index contributed by atoms with van der Waals surface area (Å²) in [6.07, 6.45) is 0. The van der Waals surface area contributed by atoms with Crippen molar-refractivity contribution in [3.8, 4) is 11.5 Å². The summed E-state index contributed by atoms with van der Waals surface area (Å²) in [5.41, 5.74) is 8.99. The summed E-state index contributed by atoms with van der Waals surface area (Å²) in [7, 11) is 0. The maximum Gasteiger partial charge on any atom is 0.146 e. The van der Waals surface area contributed by atoms with Crippen LogP contribution in [-0.4, -0.2) is 0 Å². The Morgan fingerprint density at radius 3 is 2.50 bits per heavy atom. The molecule has 18 heavy (non-hydrogen) atoms. The van der Waals surface area contributed by atoms with Gasteiger partial charge in [-0.05, 0) is 54.8 Å². The molecule has 0 amide bonds. The highest BCUT2D eigenvalue weighted by molar-refractivity contribution is 6.32. The zero-order valence-corrected chi connectivity index (χ0v) is 11.3. The number of hydrogen-bond donors (Lipinski definition) is 1. The van der Waals surface area contributed by atoms with Gasteiger partial charge in [-0.15, -0.1) is 0 Å². The van der Waals surface area contributed by atoms with Crippen LogP contribution in [0.4, 0.5) is 0 Å². The van der Waals surface area contributed by atoms with Crippen LogP contribution in [0.1, 0.15) is 16.7 Å². The number of rotatable bonds is 3. The Hall–Kier alpha value is -1.51. The second-order valence-corrected chi connectivity index (χ2v) is 4.74. The molecule has 0 aliphatic rings. The smallest absolute Gasteiger partial charge is 0.146 e. The van der Waals surface area contributed by atoms with Gasteiger partial charge in [-0.3, -0.25) is 0 Å². The molecule has 3 heteroatoms. The summed E-state index contributed by atoms with van der Waals surface area (Å²) >= 11 is 6.13. The Labute approximate surface area is 112 Å². The van der Waals surface area contributed by atoms with Gasteiger partial charge < -0.3 is 10.5 Å². The van der Waals surface area contributed by atoms with Crippen molar-refractivity contribution >= 4 is 11.6 Å². The van der Waals surface area contributed by atoms with Crippen LogP contribution in [0.5, 0.6) is 11.5 Å². The van der Waals surface area contributed by atoms with Gasteiger partial charge in [-0.25, -0.2) is 0 Å². The van der Waals surface area contributed by atoms with Crippen molar-refractivity contribution in [1.82, 2.24) is 0 Å². The average molecular weight is 262 g/mol. The third-order valence-electron chi connectivity index (χ3n) is 2.85. The van der Waals surface area contributed by atoms with Gasteiger partial charge in [-0.2, -0.15) is 0 Å². The number of halogens is 1. The average Bonchev–Trinajstić information content (AvgIpc) is 2.33. The molecule has 0 aliphatic heterocycles. The molecule has 0 atom stereocenters. The van der Waals surface area contributed by atoms with Gasteiger partial charge in [0.2, 0.25) is 0 Å². The summed E-state index contributed by atoms with van der Waals surface area (Å²) < 4.78 is 5.77. The van der Waals surface area contributed by atoms with E-state index < -0.39 is 0 Å². The van der Waals surface area contributed by atoms with E-state index in [-0.39, 0.29) is 0 Å². The van der Waals surface area contributed by atoms with Crippen LogP contribution in [0.25, 0.3) is 0 Å². The van der Waals surface area contributed by atoms with E-state index in [1.54, 1.807) is 0 Å². The predicted octanol–water partition coefficient (Wildman–Crippen LogP) is 4.21. The first-order chi connectivity index (χ1) is 8.60. The molecule has 0 aliphatic carbocycles. The lowest BCUT2D eigenvalue weighted by Crippen LogP contribution is -1.99. The van der Waals surface area contributed by atoms with E-state index in [4.69, 9.17) is 22.1 Å². The molecule has 0 bridgehead atoms. The van der Waals surface area contributed by atoms with Gasteiger partial charge >= 0.3 is 0 Å². The molecule has 0 heterocycles. The summed E-state index contributed by atoms with van der Waals surface area (Å²) in [5.74, 6) is 1.44. The molecule has 2 aromatic rings. The van der Waals surface area contributed by atoms with Gasteiger partial charge in [-0.1, -0.05) is 23.7 Å². The Balaban J connectivity index is 2.26. The van der Waals surface area contributed by atoms with Gasteiger partial charge in [0.1, 0.15) is 11.5 Å². The Bertz CT molecular complexity index is 566. The molecular weight excluding hydrogens is 246 g/mol. The largest absolute Gasteiger partial charge is 0.456 e. The molecule has 2 nitrogen and oxygen atoms in total. The highest BCUT2D eigenvalue weighted by atomic mass is 35.5. The van der Waals surface area contributed by atoms with Crippen LogP contribution in [0.15, 0.2) is 36.4 Å². The normalized spacial score (nSPS) is 10.4. The monoisotopic (exact) mass is 261 g/mol. The van der Waals surface area contributed by atoms with Crippen LogP contribution in [0, 0.1) is 13.8 Å². The minimum atomic E-state index is 0.539. The zero-order valence-electron chi connectivity index (χ0n) is 10.5. The van der Waals surface area contributed by atoms with E-state index in [2.05, 4.69) is 0 Å². The van der Waals surface area contributed by atoms with E-state index >= 15 is 0 Å². The first-order valence-corrected chi connectivity index (χ1v) is 6.21. The van der Waals surface area contributed by atoms with E-state index in [0.717, 1.165) is 22.4 Å². The number of benzene rings is 2. The van der Waals surface area contributed by atoms with Crippen LogP contribution in [-0.2, 0) is 6.54 Å². The van der Waals surface area contributed by atoms with E-state index in [0.29, 0.717) is 17.3 Å². The Morgan fingerprint density at radius 1 is 1.11 bits per heavy atom. The number of nitrogens with two attached hydrogens (primary N) is 1. The highest BCUT2D eigenvalue weighted by Crippen LogP contribution is 2.30. The minimum Gasteiger partial charge on any atom is -0.456 e. The summed E-state index contributed by atoms with van der Waals surface area (Å²) in [6, 6.07) is 11.6. The van der Waals surface area contributed by atoms with Gasteiger partial charge in [0.05, 0.1) is 5.02 Å². The third kappa shape index (κ3) is 2.84. The molecule has 0 saturated heterocycles. The summed E-state index contributed by atoms with van der Waals surface area (Å²) in [6.45, 7) is 4.55. The summed E-state index contributed by atoms with van der Waals surface area (Å²) in [5, 5.41) is 0.621. The standard InChI is InChI=1S/C15H16ClNO/c1-10-3-6-15(14(16)7-10)18-13-5-4-12(9-17)11(2)8-13/h3-8H,9,17H2,1-2H3. The maximum atomic E-state index is 6.13. The molecule has 0 radical (unpaired) electrons. The predicted molar refractivity (Wildman–Crippen MR) is 75.3 cm³/mol. The fraction of sp³-hybridized carbons (Fsp3) is 0.200. The lowest BCUT2D eigenvalue weighted by Gasteiger charge is -2.10. The minimum absolute atomic E-state index is 0.539. The van der Waals surface area contributed by atoms with E-state index in [1.807, 2.05) is 50.2 Å². The first kappa shape index (κ1) is 12.9. The maximum absolute atomic E-state index is 6.13. The van der Waals surface area contributed by atoms with E-state index in [1.165, 1.54) is 0 Å². The van der Waals surface area contributed by atoms with Gasteiger partial charge in [0, 0.05) is 6.54 Å². The Kier molecular flexibility index (Phi) is 3.90. The topological polar surface area (TPSA) is 35.2 Å². The zero-order chi connectivity index (χ0) is 13.1. The fourth-order valence-electron chi connectivity index (χ4n) is 1.78.